The lowest BCUT2D eigenvalue weighted by atomic mass is 10.1. The van der Waals surface area contributed by atoms with Gasteiger partial charge in [-0.1, -0.05) is 46.3 Å². The van der Waals surface area contributed by atoms with E-state index in [0.717, 1.165) is 18.4 Å². The van der Waals surface area contributed by atoms with Gasteiger partial charge < -0.3 is 4.90 Å². The Morgan fingerprint density at radius 1 is 1.00 bits per heavy atom. The van der Waals surface area contributed by atoms with E-state index in [1.165, 1.54) is 26.9 Å². The summed E-state index contributed by atoms with van der Waals surface area (Å²) in [6, 6.07) is 15.2. The van der Waals surface area contributed by atoms with Crippen molar-refractivity contribution in [1.82, 2.24) is 0 Å². The normalized spacial score (nSPS) is 13.8. The molecule has 0 saturated heterocycles. The lowest BCUT2D eigenvalue weighted by Crippen LogP contribution is -2.14. The van der Waals surface area contributed by atoms with Crippen LogP contribution in [0.15, 0.2) is 46.9 Å². The summed E-state index contributed by atoms with van der Waals surface area (Å²) in [6.07, 6.45) is 0. The Morgan fingerprint density at radius 3 is 2.22 bits per heavy atom. The summed E-state index contributed by atoms with van der Waals surface area (Å²) in [5.41, 5.74) is 5.45. The number of halogens is 2. The maximum absolute atomic E-state index is 3.68. The fraction of sp³-hybridized carbons (Fsp3) is 0.200. The first-order chi connectivity index (χ1) is 8.78. The molecule has 1 aliphatic rings. The van der Waals surface area contributed by atoms with Crippen molar-refractivity contribution in [2.45, 2.75) is 18.4 Å². The number of hydrogen-bond donors (Lipinski definition) is 0. The molecule has 1 heterocycles. The van der Waals surface area contributed by atoms with Crippen molar-refractivity contribution in [3.05, 3.63) is 63.6 Å². The molecule has 0 bridgehead atoms. The van der Waals surface area contributed by atoms with Crippen molar-refractivity contribution in [3.8, 4) is 0 Å². The Kier molecular flexibility index (Phi) is 3.44. The summed E-state index contributed by atoms with van der Waals surface area (Å²) in [7, 11) is 0. The van der Waals surface area contributed by atoms with Gasteiger partial charge in [-0.05, 0) is 44.8 Å². The van der Waals surface area contributed by atoms with Crippen LogP contribution in [0.2, 0.25) is 0 Å². The van der Waals surface area contributed by atoms with Crippen LogP contribution < -0.4 is 4.90 Å². The van der Waals surface area contributed by atoms with Crippen LogP contribution in [0.3, 0.4) is 0 Å². The van der Waals surface area contributed by atoms with Gasteiger partial charge in [-0.25, -0.2) is 0 Å². The minimum atomic E-state index is 0.895. The maximum Gasteiger partial charge on any atom is 0.0516 e. The van der Waals surface area contributed by atoms with Crippen molar-refractivity contribution < 1.29 is 0 Å². The highest BCUT2D eigenvalue weighted by Gasteiger charge is 2.20. The molecule has 3 rings (SSSR count). The summed E-state index contributed by atoms with van der Waals surface area (Å²) in [5.74, 6) is 0. The van der Waals surface area contributed by atoms with Crippen LogP contribution >= 0.6 is 31.9 Å². The average molecular weight is 367 g/mol. The Bertz CT molecular complexity index is 555. The van der Waals surface area contributed by atoms with Gasteiger partial charge in [0, 0.05) is 22.9 Å². The zero-order valence-electron chi connectivity index (χ0n) is 9.87. The molecule has 0 fully saturated rings. The second-order valence-electron chi connectivity index (χ2n) is 4.54. The third-order valence-electron chi connectivity index (χ3n) is 3.35. The van der Waals surface area contributed by atoms with Crippen molar-refractivity contribution >= 4 is 37.5 Å². The summed E-state index contributed by atoms with van der Waals surface area (Å²) < 4.78 is 1.17. The Labute approximate surface area is 124 Å². The zero-order valence-corrected chi connectivity index (χ0v) is 13.0. The summed E-state index contributed by atoms with van der Waals surface area (Å²) in [4.78, 5) is 2.41. The second kappa shape index (κ2) is 5.06. The Hall–Kier alpha value is -0.800. The average Bonchev–Trinajstić information content (AvgIpc) is 2.81. The molecule has 2 aromatic carbocycles. The highest BCUT2D eigenvalue weighted by atomic mass is 79.9. The topological polar surface area (TPSA) is 3.24 Å². The molecular formula is C15H13Br2N. The molecule has 0 unspecified atom stereocenters. The van der Waals surface area contributed by atoms with Crippen molar-refractivity contribution in [2.75, 3.05) is 4.90 Å². The molecule has 0 aromatic heterocycles. The first-order valence-electron chi connectivity index (χ1n) is 5.94. The predicted molar refractivity (Wildman–Crippen MR) is 83.1 cm³/mol. The van der Waals surface area contributed by atoms with Crippen molar-refractivity contribution in [2.24, 2.45) is 0 Å². The van der Waals surface area contributed by atoms with E-state index in [-0.39, 0.29) is 0 Å². The third kappa shape index (κ3) is 2.21. The molecule has 0 N–H and O–H groups in total. The van der Waals surface area contributed by atoms with E-state index >= 15 is 0 Å². The maximum atomic E-state index is 3.68. The summed E-state index contributed by atoms with van der Waals surface area (Å²) in [5, 5.41) is 0.895. The van der Waals surface area contributed by atoms with Crippen LogP contribution in [-0.2, 0) is 18.4 Å². The van der Waals surface area contributed by atoms with E-state index in [9.17, 15) is 0 Å². The molecule has 0 spiro atoms. The van der Waals surface area contributed by atoms with E-state index in [1.54, 1.807) is 0 Å². The van der Waals surface area contributed by atoms with Gasteiger partial charge in [0.1, 0.15) is 0 Å². The SMILES string of the molecule is BrCc1ccc(N2Cc3ccccc3C2)c(Br)c1. The largest absolute Gasteiger partial charge is 0.362 e. The van der Waals surface area contributed by atoms with Gasteiger partial charge in [0.2, 0.25) is 0 Å². The molecule has 1 aliphatic heterocycles. The number of nitrogens with zero attached hydrogens (tertiary/aromatic N) is 1. The number of rotatable bonds is 2. The highest BCUT2D eigenvalue weighted by molar-refractivity contribution is 9.10. The molecule has 92 valence electrons. The molecule has 0 saturated carbocycles. The third-order valence-corrected chi connectivity index (χ3v) is 4.63. The van der Waals surface area contributed by atoms with Gasteiger partial charge in [0.25, 0.3) is 0 Å². The molecule has 0 aliphatic carbocycles. The highest BCUT2D eigenvalue weighted by Crippen LogP contribution is 2.34. The minimum Gasteiger partial charge on any atom is -0.362 e. The van der Waals surface area contributed by atoms with Gasteiger partial charge in [0.05, 0.1) is 5.69 Å². The first-order valence-corrected chi connectivity index (χ1v) is 7.85. The van der Waals surface area contributed by atoms with Gasteiger partial charge >= 0.3 is 0 Å². The van der Waals surface area contributed by atoms with Gasteiger partial charge in [-0.2, -0.15) is 0 Å². The number of anilines is 1. The first kappa shape index (κ1) is 12.2. The quantitative estimate of drug-likeness (QED) is 0.685. The summed E-state index contributed by atoms with van der Waals surface area (Å²) >= 11 is 7.17. The molecular weight excluding hydrogens is 354 g/mol. The number of alkyl halides is 1. The smallest absolute Gasteiger partial charge is 0.0516 e. The zero-order chi connectivity index (χ0) is 12.5. The van der Waals surface area contributed by atoms with Crippen LogP contribution in [0.5, 0.6) is 0 Å². The Balaban J connectivity index is 1.90. The van der Waals surface area contributed by atoms with Crippen LogP contribution in [0.4, 0.5) is 5.69 Å². The summed E-state index contributed by atoms with van der Waals surface area (Å²) in [6.45, 7) is 2.00. The van der Waals surface area contributed by atoms with Crippen molar-refractivity contribution in [1.29, 1.82) is 0 Å². The fourth-order valence-corrected chi connectivity index (χ4v) is 3.42. The number of benzene rings is 2. The van der Waals surface area contributed by atoms with Crippen LogP contribution in [0.25, 0.3) is 0 Å². The van der Waals surface area contributed by atoms with Gasteiger partial charge in [0.15, 0.2) is 0 Å². The predicted octanol–water partition coefficient (Wildman–Crippen LogP) is 4.86. The Morgan fingerprint density at radius 2 is 1.67 bits per heavy atom. The van der Waals surface area contributed by atoms with Crippen LogP contribution in [0, 0.1) is 0 Å². The standard InChI is InChI=1S/C15H13Br2N/c16-8-11-5-6-15(14(17)7-11)18-9-12-3-1-2-4-13(12)10-18/h1-7H,8-10H2. The van der Waals surface area contributed by atoms with Crippen molar-refractivity contribution in [3.63, 3.8) is 0 Å². The molecule has 0 atom stereocenters. The lowest BCUT2D eigenvalue weighted by Gasteiger charge is -2.19. The monoisotopic (exact) mass is 365 g/mol. The molecule has 18 heavy (non-hydrogen) atoms. The molecule has 0 radical (unpaired) electrons. The van der Waals surface area contributed by atoms with Crippen LogP contribution in [0.1, 0.15) is 16.7 Å². The van der Waals surface area contributed by atoms with E-state index in [0.29, 0.717) is 0 Å². The minimum absolute atomic E-state index is 0.895. The van der Waals surface area contributed by atoms with E-state index in [4.69, 9.17) is 0 Å². The lowest BCUT2D eigenvalue weighted by molar-refractivity contribution is 0.877. The molecule has 0 amide bonds. The fourth-order valence-electron chi connectivity index (χ4n) is 2.39. The van der Waals surface area contributed by atoms with Crippen LogP contribution in [-0.4, -0.2) is 0 Å². The second-order valence-corrected chi connectivity index (χ2v) is 5.96. The molecule has 3 heteroatoms. The number of hydrogen-bond acceptors (Lipinski definition) is 1. The van der Waals surface area contributed by atoms with E-state index in [2.05, 4.69) is 79.2 Å². The van der Waals surface area contributed by atoms with E-state index in [1.807, 2.05) is 0 Å². The molecule has 2 aromatic rings. The van der Waals surface area contributed by atoms with Gasteiger partial charge in [-0.3, -0.25) is 0 Å². The van der Waals surface area contributed by atoms with E-state index < -0.39 is 0 Å². The van der Waals surface area contributed by atoms with Gasteiger partial charge in [-0.15, -0.1) is 0 Å². The number of fused-ring (bicyclic) bond motifs is 1. The molecule has 1 nitrogen and oxygen atoms in total.